The first-order valence-corrected chi connectivity index (χ1v) is 11.4. The zero-order chi connectivity index (χ0) is 19.5. The number of carbonyl (C=O) groups is 2. The molecule has 154 valence electrons. The van der Waals surface area contributed by atoms with Crippen LogP contribution >= 0.6 is 0 Å². The Morgan fingerprint density at radius 1 is 1.04 bits per heavy atom. The molecule has 4 saturated carbocycles. The Kier molecular flexibility index (Phi) is 4.46. The van der Waals surface area contributed by atoms with E-state index in [2.05, 4.69) is 24.3 Å². The molecule has 0 radical (unpaired) electrons. The van der Waals surface area contributed by atoms with Gasteiger partial charge in [0.05, 0.1) is 5.71 Å². The smallest absolute Gasteiger partial charge is 0.141 e. The summed E-state index contributed by atoms with van der Waals surface area (Å²) in [6, 6.07) is 0. The zero-order valence-corrected chi connectivity index (χ0v) is 17.3. The summed E-state index contributed by atoms with van der Waals surface area (Å²) in [4.78, 5) is 31.6. The number of rotatable bonds is 2. The normalized spacial score (nSPS) is 49.6. The molecule has 0 bridgehead atoms. The number of nitrogens with zero attached hydrogens (tertiary/aromatic N) is 1. The Morgan fingerprint density at radius 3 is 2.68 bits per heavy atom. The van der Waals surface area contributed by atoms with E-state index in [1.54, 1.807) is 0 Å². The molecule has 5 rings (SSSR count). The zero-order valence-electron chi connectivity index (χ0n) is 17.3. The molecule has 0 unspecified atom stereocenters. The summed E-state index contributed by atoms with van der Waals surface area (Å²) < 4.78 is 0. The van der Waals surface area contributed by atoms with Crippen molar-refractivity contribution in [2.45, 2.75) is 77.7 Å². The Balaban J connectivity index is 1.35. The number of fused-ring (bicyclic) bond motifs is 5. The number of Topliss-reactive ketones (excluding diaryl/α,β-unsaturated/α-hetero) is 2. The average molecular weight is 387 g/mol. The molecule has 1 heterocycles. The van der Waals surface area contributed by atoms with Crippen LogP contribution in [0.3, 0.4) is 0 Å². The minimum atomic E-state index is -0.158. The quantitative estimate of drug-likeness (QED) is 0.738. The van der Waals surface area contributed by atoms with Gasteiger partial charge in [-0.1, -0.05) is 19.0 Å². The Hall–Kier alpha value is -1.23. The van der Waals surface area contributed by atoms with E-state index in [4.69, 9.17) is 4.84 Å². The third-order valence-electron chi connectivity index (χ3n) is 9.35. The number of oxime groups is 1. The van der Waals surface area contributed by atoms with Crippen LogP contribution < -0.4 is 5.32 Å². The number of hydrogen-bond donors (Lipinski definition) is 1. The minimum absolute atomic E-state index is 0.0703. The first-order valence-electron chi connectivity index (χ1n) is 11.4. The lowest BCUT2D eigenvalue weighted by atomic mass is 9.45. The maximum Gasteiger partial charge on any atom is 0.141 e. The second-order valence-corrected chi connectivity index (χ2v) is 10.6. The van der Waals surface area contributed by atoms with Gasteiger partial charge in [-0.05, 0) is 68.2 Å². The van der Waals surface area contributed by atoms with Crippen LogP contribution in [0.2, 0.25) is 0 Å². The second kappa shape index (κ2) is 6.65. The SMILES string of the molecule is C[C@]12CCC(=NO[C@H]3CCNC3)C[C@@H]1C(=O)C[C@@H]1[C@@H]2CC[C@]2(C)C(=O)CC[C@@H]12. The van der Waals surface area contributed by atoms with Crippen molar-refractivity contribution in [2.75, 3.05) is 13.1 Å². The molecule has 28 heavy (non-hydrogen) atoms. The van der Waals surface area contributed by atoms with Gasteiger partial charge in [0.25, 0.3) is 0 Å². The standard InChI is InChI=1S/C23H34N2O3/c1-22-8-5-14(25-28-15-7-10-24-13-15)11-19(22)20(26)12-16-17-3-4-21(27)23(17,2)9-6-18(16)22/h15-19,24H,3-13H2,1-2H3/t15-,16-,17-,18-,19+,22+,23-/m0/s1. The van der Waals surface area contributed by atoms with Crippen molar-refractivity contribution < 1.29 is 14.4 Å². The lowest BCUT2D eigenvalue weighted by Crippen LogP contribution is -2.56. The topological polar surface area (TPSA) is 67.8 Å². The van der Waals surface area contributed by atoms with E-state index in [1.807, 2.05) is 0 Å². The molecule has 7 atom stereocenters. The fourth-order valence-electron chi connectivity index (χ4n) is 7.57. The Labute approximate surface area is 168 Å². The molecule has 0 aromatic carbocycles. The third-order valence-corrected chi connectivity index (χ3v) is 9.35. The van der Waals surface area contributed by atoms with Crippen LogP contribution in [0, 0.1) is 34.5 Å². The molecular formula is C23H34N2O3. The van der Waals surface area contributed by atoms with Gasteiger partial charge in [0.15, 0.2) is 0 Å². The van der Waals surface area contributed by atoms with Gasteiger partial charge in [0, 0.05) is 37.1 Å². The van der Waals surface area contributed by atoms with Crippen LogP contribution in [0.4, 0.5) is 0 Å². The molecule has 0 spiro atoms. The summed E-state index contributed by atoms with van der Waals surface area (Å²) in [6.07, 6.45) is 8.50. The Bertz CT molecular complexity index is 713. The average Bonchev–Trinajstić information content (AvgIpc) is 3.29. The van der Waals surface area contributed by atoms with E-state index in [1.165, 1.54) is 0 Å². The third kappa shape index (κ3) is 2.72. The van der Waals surface area contributed by atoms with E-state index in [0.717, 1.165) is 70.2 Å². The highest BCUT2D eigenvalue weighted by Gasteiger charge is 2.62. The molecule has 5 aliphatic rings. The molecule has 4 aliphatic carbocycles. The summed E-state index contributed by atoms with van der Waals surface area (Å²) in [7, 11) is 0. The summed E-state index contributed by atoms with van der Waals surface area (Å²) in [6.45, 7) is 6.42. The van der Waals surface area contributed by atoms with Crippen molar-refractivity contribution in [3.8, 4) is 0 Å². The van der Waals surface area contributed by atoms with Gasteiger partial charge in [-0.3, -0.25) is 9.59 Å². The summed E-state index contributed by atoms with van der Waals surface area (Å²) >= 11 is 0. The number of ketones is 2. The van der Waals surface area contributed by atoms with Gasteiger partial charge in [-0.15, -0.1) is 0 Å². The molecule has 5 fully saturated rings. The summed E-state index contributed by atoms with van der Waals surface area (Å²) in [5.74, 6) is 2.38. The van der Waals surface area contributed by atoms with Gasteiger partial charge in [-0.25, -0.2) is 0 Å². The van der Waals surface area contributed by atoms with Gasteiger partial charge < -0.3 is 10.2 Å². The van der Waals surface area contributed by atoms with Crippen LogP contribution in [0.1, 0.15) is 71.6 Å². The highest BCUT2D eigenvalue weighted by molar-refractivity contribution is 5.93. The van der Waals surface area contributed by atoms with Crippen molar-refractivity contribution in [3.05, 3.63) is 0 Å². The van der Waals surface area contributed by atoms with E-state index in [-0.39, 0.29) is 22.9 Å². The molecule has 0 aromatic rings. The van der Waals surface area contributed by atoms with Crippen molar-refractivity contribution >= 4 is 17.3 Å². The first kappa shape index (κ1) is 18.8. The number of carbonyl (C=O) groups excluding carboxylic acids is 2. The van der Waals surface area contributed by atoms with Crippen LogP contribution in [0.5, 0.6) is 0 Å². The molecule has 5 nitrogen and oxygen atoms in total. The predicted octanol–water partition coefficient (Wildman–Crippen LogP) is 3.51. The fraction of sp³-hybridized carbons (Fsp3) is 0.870. The van der Waals surface area contributed by atoms with Crippen molar-refractivity contribution in [1.82, 2.24) is 5.32 Å². The van der Waals surface area contributed by atoms with Crippen molar-refractivity contribution in [1.29, 1.82) is 0 Å². The molecule has 0 aromatic heterocycles. The molecule has 0 amide bonds. The largest absolute Gasteiger partial charge is 0.391 e. The molecular weight excluding hydrogens is 352 g/mol. The fourth-order valence-corrected chi connectivity index (χ4v) is 7.57. The van der Waals surface area contributed by atoms with Crippen molar-refractivity contribution in [3.63, 3.8) is 0 Å². The number of hydrogen-bond acceptors (Lipinski definition) is 5. The first-order chi connectivity index (χ1) is 13.4. The second-order valence-electron chi connectivity index (χ2n) is 10.6. The minimum Gasteiger partial charge on any atom is -0.391 e. The predicted molar refractivity (Wildman–Crippen MR) is 107 cm³/mol. The van der Waals surface area contributed by atoms with Crippen LogP contribution in [0.15, 0.2) is 5.16 Å². The highest BCUT2D eigenvalue weighted by atomic mass is 16.6. The molecule has 5 heteroatoms. The monoisotopic (exact) mass is 386 g/mol. The molecule has 1 aliphatic heterocycles. The summed E-state index contributed by atoms with van der Waals surface area (Å²) in [5, 5.41) is 7.78. The Morgan fingerprint density at radius 2 is 1.89 bits per heavy atom. The lowest BCUT2D eigenvalue weighted by Gasteiger charge is -2.58. The van der Waals surface area contributed by atoms with Gasteiger partial charge in [0.2, 0.25) is 0 Å². The van der Waals surface area contributed by atoms with Gasteiger partial charge in [0.1, 0.15) is 17.7 Å². The molecule has 1 N–H and O–H groups in total. The van der Waals surface area contributed by atoms with Crippen LogP contribution in [-0.4, -0.2) is 36.5 Å². The van der Waals surface area contributed by atoms with E-state index >= 15 is 0 Å². The van der Waals surface area contributed by atoms with Gasteiger partial charge >= 0.3 is 0 Å². The lowest BCUT2D eigenvalue weighted by molar-refractivity contribution is -0.152. The van der Waals surface area contributed by atoms with Crippen molar-refractivity contribution in [2.24, 2.45) is 39.7 Å². The maximum absolute atomic E-state index is 13.3. The molecule has 1 saturated heterocycles. The van der Waals surface area contributed by atoms with Gasteiger partial charge in [-0.2, -0.15) is 0 Å². The number of nitrogens with one attached hydrogen (secondary N) is 1. The summed E-state index contributed by atoms with van der Waals surface area (Å²) in [5.41, 5.74) is 0.994. The van der Waals surface area contributed by atoms with Crippen LogP contribution in [0.25, 0.3) is 0 Å². The van der Waals surface area contributed by atoms with E-state index in [9.17, 15) is 9.59 Å². The van der Waals surface area contributed by atoms with E-state index < -0.39 is 0 Å². The van der Waals surface area contributed by atoms with E-state index in [0.29, 0.717) is 35.7 Å². The highest BCUT2D eigenvalue weighted by Crippen LogP contribution is 2.64. The van der Waals surface area contributed by atoms with Crippen LogP contribution in [-0.2, 0) is 14.4 Å². The maximum atomic E-state index is 13.3.